The van der Waals surface area contributed by atoms with Crippen LogP contribution in [0.5, 0.6) is 0 Å². The molecular weight excluding hydrogens is 604 g/mol. The summed E-state index contributed by atoms with van der Waals surface area (Å²) in [5, 5.41) is 10.4. The second-order valence-corrected chi connectivity index (χ2v) is 13.9. The molecule has 0 aliphatic rings. The summed E-state index contributed by atoms with van der Waals surface area (Å²) in [7, 11) is -2.73. The number of carbonyl (C=O) groups is 2. The van der Waals surface area contributed by atoms with Crippen LogP contribution in [0.25, 0.3) is 0 Å². The summed E-state index contributed by atoms with van der Waals surface area (Å²) < 4.78 is 33.7. The van der Waals surface area contributed by atoms with Crippen molar-refractivity contribution >= 4 is 27.7 Å². The monoisotopic (exact) mass is 652 g/mol. The van der Waals surface area contributed by atoms with E-state index in [0.29, 0.717) is 18.5 Å². The number of nitrogens with two attached hydrogens (primary N) is 2. The minimum absolute atomic E-state index is 0.0803. The second-order valence-electron chi connectivity index (χ2n) is 12.1. The van der Waals surface area contributed by atoms with Crippen LogP contribution in [-0.4, -0.2) is 72.6 Å². The van der Waals surface area contributed by atoms with Crippen LogP contribution in [0.1, 0.15) is 64.0 Å². The fraction of sp³-hybridized carbons (Fsp3) is 0.429. The topological polar surface area (TPSA) is 156 Å². The molecule has 0 aromatic heterocycles. The van der Waals surface area contributed by atoms with Crippen molar-refractivity contribution in [2.24, 2.45) is 11.7 Å². The molecule has 3 aromatic rings. The lowest BCUT2D eigenvalue weighted by Gasteiger charge is -2.36. The Morgan fingerprint density at radius 1 is 0.848 bits per heavy atom. The third-order valence-electron chi connectivity index (χ3n) is 8.24. The summed E-state index contributed by atoms with van der Waals surface area (Å²) in [4.78, 5) is 28.7. The van der Waals surface area contributed by atoms with E-state index >= 15 is 0 Å². The Labute approximate surface area is 273 Å². The van der Waals surface area contributed by atoms with E-state index in [4.69, 9.17) is 16.2 Å². The van der Waals surface area contributed by atoms with Crippen LogP contribution >= 0.6 is 0 Å². The lowest BCUT2D eigenvalue weighted by atomic mass is 9.84. The number of benzene rings is 3. The lowest BCUT2D eigenvalue weighted by molar-refractivity contribution is -0.134. The van der Waals surface area contributed by atoms with Gasteiger partial charge in [0.2, 0.25) is 15.9 Å². The Kier molecular flexibility index (Phi) is 13.3. The minimum Gasteiger partial charge on any atom is -0.452 e. The largest absolute Gasteiger partial charge is 0.452 e. The number of carbonyl (C=O) groups excluding carboxylic acids is 2. The summed E-state index contributed by atoms with van der Waals surface area (Å²) >= 11 is 0. The zero-order valence-electron chi connectivity index (χ0n) is 27.3. The number of aliphatic hydroxyl groups is 1. The zero-order chi connectivity index (χ0) is 34.0. The summed E-state index contributed by atoms with van der Waals surface area (Å²) in [6.07, 6.45) is 0.229. The number of aliphatic hydroxyl groups excluding tert-OH is 1. The molecule has 3 aromatic carbocycles. The first-order valence-electron chi connectivity index (χ1n) is 15.6. The second kappa shape index (κ2) is 16.7. The maximum Gasteiger partial charge on any atom is 0.416 e. The van der Waals surface area contributed by atoms with Crippen LogP contribution in [0, 0.1) is 5.92 Å². The molecule has 3 atom stereocenters. The quantitative estimate of drug-likeness (QED) is 0.194. The molecule has 0 heterocycles. The highest BCUT2D eigenvalue weighted by atomic mass is 32.2. The predicted molar refractivity (Wildman–Crippen MR) is 180 cm³/mol. The highest BCUT2D eigenvalue weighted by Crippen LogP contribution is 2.31. The van der Waals surface area contributed by atoms with E-state index in [1.54, 1.807) is 13.8 Å². The molecule has 0 saturated carbocycles. The predicted octanol–water partition coefficient (Wildman–Crippen LogP) is 4.98. The van der Waals surface area contributed by atoms with Gasteiger partial charge >= 0.3 is 6.09 Å². The number of imide groups is 1. The molecule has 10 nitrogen and oxygen atoms in total. The molecule has 0 aliphatic carbocycles. The fourth-order valence-corrected chi connectivity index (χ4v) is 7.84. The van der Waals surface area contributed by atoms with Crippen LogP contribution < -0.4 is 11.5 Å². The molecular formula is C35H48N4O6S. The van der Waals surface area contributed by atoms with Crippen molar-refractivity contribution < 1.29 is 27.9 Å². The van der Waals surface area contributed by atoms with Gasteiger partial charge < -0.3 is 21.3 Å². The number of hydrogen-bond donors (Lipinski definition) is 3. The Bertz CT molecular complexity index is 1460. The summed E-state index contributed by atoms with van der Waals surface area (Å²) in [5.41, 5.74) is 14.6. The number of amides is 2. The number of methoxy groups -OCH3 is 1. The molecule has 3 rings (SSSR count). The molecule has 5 N–H and O–H groups in total. The molecule has 0 aliphatic heterocycles. The molecule has 0 unspecified atom stereocenters. The molecule has 2 amide bonds. The first-order chi connectivity index (χ1) is 21.8. The third-order valence-corrected chi connectivity index (χ3v) is 10.4. The normalized spacial score (nSPS) is 14.0. The van der Waals surface area contributed by atoms with Gasteiger partial charge in [-0.1, -0.05) is 74.5 Å². The first kappa shape index (κ1) is 36.7. The van der Waals surface area contributed by atoms with Crippen molar-refractivity contribution in [2.75, 3.05) is 19.5 Å². The molecule has 250 valence electrons. The number of hydrogen-bond acceptors (Lipinski definition) is 8. The number of anilines is 1. The van der Waals surface area contributed by atoms with Gasteiger partial charge in [-0.3, -0.25) is 4.79 Å². The summed E-state index contributed by atoms with van der Waals surface area (Å²) in [5.74, 6) is -1.27. The molecule has 0 spiro atoms. The summed E-state index contributed by atoms with van der Waals surface area (Å²) in [6.45, 7) is 6.91. The zero-order valence-corrected chi connectivity index (χ0v) is 28.1. The van der Waals surface area contributed by atoms with Crippen LogP contribution in [-0.2, 0) is 19.6 Å². The molecule has 11 heteroatoms. The van der Waals surface area contributed by atoms with E-state index in [0.717, 1.165) is 16.0 Å². The minimum atomic E-state index is -3.95. The Morgan fingerprint density at radius 2 is 1.37 bits per heavy atom. The Hall–Kier alpha value is -3.77. The van der Waals surface area contributed by atoms with E-state index < -0.39 is 58.7 Å². The summed E-state index contributed by atoms with van der Waals surface area (Å²) in [6, 6.07) is 22.0. The van der Waals surface area contributed by atoms with Gasteiger partial charge in [0.25, 0.3) is 0 Å². The number of nitrogen functional groups attached to an aromatic ring is 1. The average molecular weight is 653 g/mol. The smallest absolute Gasteiger partial charge is 0.416 e. The molecule has 0 radical (unpaired) electrons. The highest BCUT2D eigenvalue weighted by molar-refractivity contribution is 7.89. The Balaban J connectivity index is 1.88. The third kappa shape index (κ3) is 8.73. The van der Waals surface area contributed by atoms with Gasteiger partial charge in [-0.2, -0.15) is 4.31 Å². The standard InChI is InChI=1S/C35H48N4O6S/c1-24(2)31(18-12-17-29(23-40)39(25(3)4)46(43,44)30-21-19-28(36)20-22-30)38(35(42)45-5)34(41)33(37)32(26-13-8-6-9-14-26)27-15-10-7-11-16-27/h6-11,13-16,19-22,24-25,29,31-33,40H,12,17-18,23,36-37H2,1-5H3/t29-,31+,33-/m0/s1. The van der Waals surface area contributed by atoms with Gasteiger partial charge in [-0.15, -0.1) is 0 Å². The van der Waals surface area contributed by atoms with Gasteiger partial charge in [0.1, 0.15) is 0 Å². The molecule has 46 heavy (non-hydrogen) atoms. The van der Waals surface area contributed by atoms with E-state index in [-0.39, 0.29) is 17.2 Å². The number of rotatable bonds is 15. The van der Waals surface area contributed by atoms with Crippen molar-refractivity contribution in [2.45, 2.75) is 81.9 Å². The average Bonchev–Trinajstić information content (AvgIpc) is 3.04. The van der Waals surface area contributed by atoms with Gasteiger partial charge in [0.05, 0.1) is 24.7 Å². The van der Waals surface area contributed by atoms with Gasteiger partial charge in [0, 0.05) is 29.7 Å². The maximum absolute atomic E-state index is 14.2. The van der Waals surface area contributed by atoms with E-state index in [2.05, 4.69) is 0 Å². The van der Waals surface area contributed by atoms with E-state index in [1.807, 2.05) is 74.5 Å². The van der Waals surface area contributed by atoms with Crippen LogP contribution in [0.15, 0.2) is 89.8 Å². The van der Waals surface area contributed by atoms with Gasteiger partial charge in [-0.05, 0) is 74.4 Å². The lowest BCUT2D eigenvalue weighted by Crippen LogP contribution is -2.55. The van der Waals surface area contributed by atoms with Gasteiger partial charge in [0.15, 0.2) is 0 Å². The van der Waals surface area contributed by atoms with E-state index in [1.165, 1.54) is 35.7 Å². The van der Waals surface area contributed by atoms with Crippen molar-refractivity contribution in [1.82, 2.24) is 9.21 Å². The van der Waals surface area contributed by atoms with E-state index in [9.17, 15) is 23.1 Å². The fourth-order valence-electron chi connectivity index (χ4n) is 6.00. The van der Waals surface area contributed by atoms with Gasteiger partial charge in [-0.25, -0.2) is 18.1 Å². The van der Waals surface area contributed by atoms with Crippen LogP contribution in [0.3, 0.4) is 0 Å². The van der Waals surface area contributed by atoms with Crippen molar-refractivity contribution in [3.8, 4) is 0 Å². The SMILES string of the molecule is COC(=O)N(C(=O)[C@@H](N)C(c1ccccc1)c1ccccc1)[C@H](CCC[C@@H](CO)N(C(C)C)S(=O)(=O)c1ccc(N)cc1)C(C)C. The molecule has 0 bridgehead atoms. The van der Waals surface area contributed by atoms with Crippen LogP contribution in [0.4, 0.5) is 10.5 Å². The number of ether oxygens (including phenoxy) is 1. The van der Waals surface area contributed by atoms with Crippen molar-refractivity contribution in [1.29, 1.82) is 0 Å². The van der Waals surface area contributed by atoms with Crippen LogP contribution in [0.2, 0.25) is 0 Å². The highest BCUT2D eigenvalue weighted by Gasteiger charge is 2.40. The van der Waals surface area contributed by atoms with Crippen molar-refractivity contribution in [3.05, 3.63) is 96.1 Å². The first-order valence-corrected chi connectivity index (χ1v) is 17.1. The molecule has 0 saturated heterocycles. The number of sulfonamides is 1. The van der Waals surface area contributed by atoms with Crippen molar-refractivity contribution in [3.63, 3.8) is 0 Å². The number of nitrogens with zero attached hydrogens (tertiary/aromatic N) is 2. The maximum atomic E-state index is 14.2. The molecule has 0 fully saturated rings. The Morgan fingerprint density at radius 3 is 1.80 bits per heavy atom.